The van der Waals surface area contributed by atoms with Crippen molar-refractivity contribution in [1.82, 2.24) is 24.6 Å². The Morgan fingerprint density at radius 3 is 2.61 bits per heavy atom. The summed E-state index contributed by atoms with van der Waals surface area (Å²) < 4.78 is 20.8. The third-order valence-corrected chi connectivity index (χ3v) is 5.98. The number of aromatic nitrogens is 5. The Balaban J connectivity index is 1.44. The van der Waals surface area contributed by atoms with E-state index in [9.17, 15) is 9.50 Å². The van der Waals surface area contributed by atoms with Crippen molar-refractivity contribution in [2.75, 3.05) is 12.8 Å². The van der Waals surface area contributed by atoms with Gasteiger partial charge in [-0.1, -0.05) is 6.07 Å². The van der Waals surface area contributed by atoms with E-state index in [4.69, 9.17) is 10.5 Å². The van der Waals surface area contributed by atoms with Crippen molar-refractivity contribution in [3.8, 4) is 5.75 Å². The van der Waals surface area contributed by atoms with Crippen molar-refractivity contribution < 1.29 is 14.2 Å². The Hall–Kier alpha value is -3.33. The average Bonchev–Trinajstić information content (AvgIpc) is 3.12. The molecular weight excluding hydrogens is 399 g/mol. The Morgan fingerprint density at radius 2 is 1.97 bits per heavy atom. The molecule has 0 saturated heterocycles. The Bertz CT molecular complexity index is 1290. The molecule has 3 aromatic heterocycles. The largest absolute Gasteiger partial charge is 0.494 e. The predicted molar refractivity (Wildman–Crippen MR) is 113 cm³/mol. The van der Waals surface area contributed by atoms with E-state index in [1.807, 2.05) is 12.1 Å². The zero-order valence-corrected chi connectivity index (χ0v) is 17.5. The second kappa shape index (κ2) is 6.84. The number of nitrogen functional groups attached to an aromatic ring is 1. The summed E-state index contributed by atoms with van der Waals surface area (Å²) >= 11 is 0. The highest BCUT2D eigenvalue weighted by Crippen LogP contribution is 2.46. The molecule has 1 aromatic carbocycles. The second-order valence-electron chi connectivity index (χ2n) is 8.58. The summed E-state index contributed by atoms with van der Waals surface area (Å²) in [4.78, 5) is 13.5. The quantitative estimate of drug-likeness (QED) is 0.519. The summed E-state index contributed by atoms with van der Waals surface area (Å²) in [7, 11) is 1.46. The molecule has 31 heavy (non-hydrogen) atoms. The van der Waals surface area contributed by atoms with Crippen molar-refractivity contribution in [3.05, 3.63) is 53.4 Å². The predicted octanol–water partition coefficient (Wildman–Crippen LogP) is 3.29. The lowest BCUT2D eigenvalue weighted by atomic mass is 9.72. The van der Waals surface area contributed by atoms with E-state index in [1.54, 1.807) is 20.0 Å². The number of rotatable bonds is 4. The van der Waals surface area contributed by atoms with Crippen molar-refractivity contribution in [1.29, 1.82) is 0 Å². The molecule has 3 heterocycles. The number of ether oxygens (including phenoxy) is 1. The number of halogens is 1. The van der Waals surface area contributed by atoms with E-state index in [1.165, 1.54) is 23.8 Å². The monoisotopic (exact) mass is 422 g/mol. The minimum atomic E-state index is -0.910. The number of fused-ring (bicyclic) bond motifs is 3. The number of pyridine rings is 1. The van der Waals surface area contributed by atoms with Gasteiger partial charge in [-0.05, 0) is 38.8 Å². The summed E-state index contributed by atoms with van der Waals surface area (Å²) in [6, 6.07) is 6.53. The molecular formula is C22H23FN6O2. The molecule has 0 aliphatic heterocycles. The minimum absolute atomic E-state index is 0.158. The summed E-state index contributed by atoms with van der Waals surface area (Å²) in [6.45, 7) is 3.48. The molecule has 5 rings (SSSR count). The SMILES string of the molecule is COc1cc(F)cc2c1nc(N)n1nc([C@H]3C[C@H](c4ccc(C(C)(C)O)cn4)C3)nc21. The highest BCUT2D eigenvalue weighted by Gasteiger charge is 2.35. The number of methoxy groups -OCH3 is 1. The van der Waals surface area contributed by atoms with Gasteiger partial charge in [0.05, 0.1) is 18.1 Å². The number of anilines is 1. The third-order valence-electron chi connectivity index (χ3n) is 5.98. The van der Waals surface area contributed by atoms with Gasteiger partial charge in [0.15, 0.2) is 11.5 Å². The molecule has 1 aliphatic carbocycles. The second-order valence-corrected chi connectivity index (χ2v) is 8.58. The van der Waals surface area contributed by atoms with E-state index >= 15 is 0 Å². The number of nitrogens with zero attached hydrogens (tertiary/aromatic N) is 5. The van der Waals surface area contributed by atoms with Gasteiger partial charge in [-0.2, -0.15) is 4.52 Å². The van der Waals surface area contributed by atoms with Crippen LogP contribution in [0.5, 0.6) is 5.75 Å². The standard InChI is InChI=1S/C22H23FN6O2/c1-22(2,30)13-4-5-16(25-10-13)11-6-12(7-11)19-27-20-15-8-14(23)9-17(31-3)18(15)26-21(24)29(20)28-19/h4-5,8-12,30H,6-7H2,1-3H3,(H2,24,26)/t11-,12-. The molecule has 0 radical (unpaired) electrons. The van der Waals surface area contributed by atoms with Crippen LogP contribution in [-0.4, -0.2) is 36.8 Å². The first-order valence-corrected chi connectivity index (χ1v) is 10.1. The van der Waals surface area contributed by atoms with Crippen LogP contribution in [0.3, 0.4) is 0 Å². The van der Waals surface area contributed by atoms with Crippen molar-refractivity contribution >= 4 is 22.5 Å². The molecule has 0 atom stereocenters. The first kappa shape index (κ1) is 19.6. The van der Waals surface area contributed by atoms with Crippen LogP contribution in [-0.2, 0) is 5.60 Å². The molecule has 160 valence electrons. The zero-order valence-electron chi connectivity index (χ0n) is 17.5. The van der Waals surface area contributed by atoms with Gasteiger partial charge in [0.1, 0.15) is 17.1 Å². The number of aliphatic hydroxyl groups is 1. The maximum Gasteiger partial charge on any atom is 0.223 e. The lowest BCUT2D eigenvalue weighted by molar-refractivity contribution is 0.0781. The normalized spacial score (nSPS) is 19.0. The van der Waals surface area contributed by atoms with E-state index in [0.29, 0.717) is 34.0 Å². The van der Waals surface area contributed by atoms with Crippen molar-refractivity contribution in [2.45, 2.75) is 44.1 Å². The van der Waals surface area contributed by atoms with Crippen molar-refractivity contribution in [2.24, 2.45) is 0 Å². The number of benzene rings is 1. The average molecular weight is 422 g/mol. The molecule has 3 N–H and O–H groups in total. The molecule has 1 aliphatic rings. The molecule has 0 amide bonds. The van der Waals surface area contributed by atoms with E-state index in [2.05, 4.69) is 20.1 Å². The molecule has 1 saturated carbocycles. The van der Waals surface area contributed by atoms with Gasteiger partial charge in [-0.3, -0.25) is 4.98 Å². The number of hydrogen-bond acceptors (Lipinski definition) is 7. The smallest absolute Gasteiger partial charge is 0.223 e. The van der Waals surface area contributed by atoms with Gasteiger partial charge in [-0.15, -0.1) is 5.10 Å². The van der Waals surface area contributed by atoms with Gasteiger partial charge >= 0.3 is 0 Å². The molecule has 9 heteroatoms. The Labute approximate surface area is 177 Å². The highest BCUT2D eigenvalue weighted by molar-refractivity contribution is 5.95. The molecule has 1 fully saturated rings. The van der Waals surface area contributed by atoms with Crippen LogP contribution in [0.25, 0.3) is 16.6 Å². The van der Waals surface area contributed by atoms with Crippen LogP contribution in [0.4, 0.5) is 10.3 Å². The zero-order chi connectivity index (χ0) is 21.9. The van der Waals surface area contributed by atoms with Crippen LogP contribution in [0.2, 0.25) is 0 Å². The third kappa shape index (κ3) is 3.25. The Kier molecular flexibility index (Phi) is 4.33. The van der Waals surface area contributed by atoms with Gasteiger partial charge < -0.3 is 15.6 Å². The van der Waals surface area contributed by atoms with Crippen LogP contribution in [0.15, 0.2) is 30.5 Å². The fourth-order valence-electron chi connectivity index (χ4n) is 4.09. The highest BCUT2D eigenvalue weighted by atomic mass is 19.1. The van der Waals surface area contributed by atoms with Crippen molar-refractivity contribution in [3.63, 3.8) is 0 Å². The van der Waals surface area contributed by atoms with E-state index in [0.717, 1.165) is 24.1 Å². The first-order valence-electron chi connectivity index (χ1n) is 10.1. The first-order chi connectivity index (χ1) is 14.7. The summed E-state index contributed by atoms with van der Waals surface area (Å²) in [5.74, 6) is 1.16. The van der Waals surface area contributed by atoms with Crippen LogP contribution in [0.1, 0.15) is 55.6 Å². The van der Waals surface area contributed by atoms with Gasteiger partial charge in [0, 0.05) is 35.4 Å². The van der Waals surface area contributed by atoms with Gasteiger partial charge in [0.2, 0.25) is 5.95 Å². The maximum atomic E-state index is 14.1. The van der Waals surface area contributed by atoms with Crippen LogP contribution < -0.4 is 10.5 Å². The van der Waals surface area contributed by atoms with Crippen LogP contribution in [0, 0.1) is 5.82 Å². The fourth-order valence-corrected chi connectivity index (χ4v) is 4.09. The lowest BCUT2D eigenvalue weighted by Crippen LogP contribution is -2.23. The maximum absolute atomic E-state index is 14.1. The van der Waals surface area contributed by atoms with Crippen LogP contribution >= 0.6 is 0 Å². The summed E-state index contributed by atoms with van der Waals surface area (Å²) in [5.41, 5.74) is 7.88. The number of nitrogens with two attached hydrogens (primary N) is 1. The molecule has 8 nitrogen and oxygen atoms in total. The van der Waals surface area contributed by atoms with Gasteiger partial charge in [-0.25, -0.2) is 14.4 Å². The summed E-state index contributed by atoms with van der Waals surface area (Å²) in [5, 5.41) is 15.1. The molecule has 0 unspecified atom stereocenters. The molecule has 4 aromatic rings. The number of hydrogen-bond donors (Lipinski definition) is 2. The van der Waals surface area contributed by atoms with E-state index < -0.39 is 11.4 Å². The Morgan fingerprint density at radius 1 is 1.19 bits per heavy atom. The minimum Gasteiger partial charge on any atom is -0.494 e. The van der Waals surface area contributed by atoms with E-state index in [-0.39, 0.29) is 11.9 Å². The topological polar surface area (TPSA) is 111 Å². The van der Waals surface area contributed by atoms with Gasteiger partial charge in [0.25, 0.3) is 0 Å². The molecule has 0 bridgehead atoms. The summed E-state index contributed by atoms with van der Waals surface area (Å²) in [6.07, 6.45) is 3.44. The molecule has 0 spiro atoms. The fraction of sp³-hybridized carbons (Fsp3) is 0.364. The lowest BCUT2D eigenvalue weighted by Gasteiger charge is -2.33.